The number of nitrogens with zero attached hydrogens (tertiary/aromatic N) is 3. The largest absolute Gasteiger partial charge is 0.394 e. The van der Waals surface area contributed by atoms with E-state index in [1.807, 2.05) is 113 Å². The average molecular weight is 584 g/mol. The zero-order valence-corrected chi connectivity index (χ0v) is 25.3. The molecule has 0 bridgehead atoms. The summed E-state index contributed by atoms with van der Waals surface area (Å²) in [5.41, 5.74) is -1.05. The molecule has 43 heavy (non-hydrogen) atoms. The highest BCUT2D eigenvalue weighted by Gasteiger charge is 2.75. The maximum absolute atomic E-state index is 14.8. The SMILES string of the molecule is CC(C)(C)N1CC=C[C@]23O[C@@]4(C)C=CCN(Cc5ccccc5)C(=O)[C@H]4[C@H]2C(=O)N([C@@H](CO)Cc2ccccc2)C3C1=O. The van der Waals surface area contributed by atoms with Gasteiger partial charge in [-0.1, -0.05) is 85.0 Å². The second-order valence-corrected chi connectivity index (χ2v) is 13.4. The zero-order valence-electron chi connectivity index (χ0n) is 25.3. The van der Waals surface area contributed by atoms with Gasteiger partial charge in [-0.05, 0) is 45.2 Å². The van der Waals surface area contributed by atoms with E-state index in [1.165, 1.54) is 0 Å². The molecular weight excluding hydrogens is 542 g/mol. The van der Waals surface area contributed by atoms with Crippen LogP contribution >= 0.6 is 0 Å². The Kier molecular flexibility index (Phi) is 7.33. The molecule has 1 N–H and O–H groups in total. The van der Waals surface area contributed by atoms with E-state index in [4.69, 9.17) is 4.74 Å². The van der Waals surface area contributed by atoms with E-state index in [9.17, 15) is 19.5 Å². The molecule has 2 saturated heterocycles. The lowest BCUT2D eigenvalue weighted by molar-refractivity contribution is -0.158. The van der Waals surface area contributed by atoms with Gasteiger partial charge in [0.05, 0.1) is 30.1 Å². The monoisotopic (exact) mass is 583 g/mol. The molecule has 0 saturated carbocycles. The van der Waals surface area contributed by atoms with Crippen LogP contribution in [0, 0.1) is 11.8 Å². The van der Waals surface area contributed by atoms with Crippen LogP contribution in [0.4, 0.5) is 0 Å². The van der Waals surface area contributed by atoms with E-state index in [0.717, 1.165) is 11.1 Å². The second kappa shape index (κ2) is 10.8. The van der Waals surface area contributed by atoms with Gasteiger partial charge in [-0.3, -0.25) is 14.4 Å². The number of benzene rings is 2. The lowest BCUT2D eigenvalue weighted by Gasteiger charge is -2.43. The van der Waals surface area contributed by atoms with Crippen LogP contribution in [-0.4, -0.2) is 86.0 Å². The number of fused-ring (bicyclic) bond motifs is 2. The molecule has 4 aliphatic heterocycles. The predicted molar refractivity (Wildman–Crippen MR) is 162 cm³/mol. The number of aliphatic hydroxyl groups is 1. The topological polar surface area (TPSA) is 90.4 Å². The third kappa shape index (κ3) is 4.81. The lowest BCUT2D eigenvalue weighted by Crippen LogP contribution is -2.61. The molecule has 8 nitrogen and oxygen atoms in total. The van der Waals surface area contributed by atoms with Gasteiger partial charge in [0.2, 0.25) is 17.7 Å². The molecule has 0 aliphatic carbocycles. The van der Waals surface area contributed by atoms with Gasteiger partial charge in [-0.15, -0.1) is 0 Å². The van der Waals surface area contributed by atoms with Crippen LogP contribution in [-0.2, 0) is 32.1 Å². The Bertz CT molecular complexity index is 1450. The molecule has 0 radical (unpaired) electrons. The van der Waals surface area contributed by atoms with Crippen molar-refractivity contribution in [3.05, 3.63) is 96.1 Å². The number of amides is 3. The van der Waals surface area contributed by atoms with Crippen LogP contribution in [0.1, 0.15) is 38.8 Å². The van der Waals surface area contributed by atoms with Gasteiger partial charge in [0.25, 0.3) is 0 Å². The molecule has 2 aromatic carbocycles. The van der Waals surface area contributed by atoms with Gasteiger partial charge < -0.3 is 24.5 Å². The first-order chi connectivity index (χ1) is 20.5. The minimum atomic E-state index is -1.37. The maximum atomic E-state index is 14.8. The van der Waals surface area contributed by atoms with Crippen molar-refractivity contribution in [2.24, 2.45) is 11.8 Å². The summed E-state index contributed by atoms with van der Waals surface area (Å²) >= 11 is 0. The Morgan fingerprint density at radius 2 is 1.49 bits per heavy atom. The summed E-state index contributed by atoms with van der Waals surface area (Å²) in [5.74, 6) is -2.51. The smallest absolute Gasteiger partial charge is 0.249 e. The van der Waals surface area contributed by atoms with E-state index in [2.05, 4.69) is 0 Å². The van der Waals surface area contributed by atoms with E-state index in [0.29, 0.717) is 26.1 Å². The molecule has 4 heterocycles. The molecule has 6 rings (SSSR count). The van der Waals surface area contributed by atoms with Crippen LogP contribution < -0.4 is 0 Å². The van der Waals surface area contributed by atoms with Gasteiger partial charge in [-0.2, -0.15) is 0 Å². The first-order valence-corrected chi connectivity index (χ1v) is 15.2. The average Bonchev–Trinajstić information content (AvgIpc) is 3.25. The minimum Gasteiger partial charge on any atom is -0.394 e. The number of aliphatic hydroxyl groups excluding tert-OH is 1. The number of carbonyl (C=O) groups is 3. The minimum absolute atomic E-state index is 0.173. The van der Waals surface area contributed by atoms with Gasteiger partial charge >= 0.3 is 0 Å². The number of rotatable bonds is 6. The summed E-state index contributed by atoms with van der Waals surface area (Å²) in [4.78, 5) is 49.0. The number of hydrogen-bond donors (Lipinski definition) is 1. The van der Waals surface area contributed by atoms with Gasteiger partial charge in [-0.25, -0.2) is 0 Å². The summed E-state index contributed by atoms with van der Waals surface area (Å²) < 4.78 is 6.96. The highest BCUT2D eigenvalue weighted by Crippen LogP contribution is 2.58. The van der Waals surface area contributed by atoms with Crippen molar-refractivity contribution < 1.29 is 24.2 Å². The quantitative estimate of drug-likeness (QED) is 0.527. The van der Waals surface area contributed by atoms with Crippen LogP contribution in [0.5, 0.6) is 0 Å². The van der Waals surface area contributed by atoms with Gasteiger partial charge in [0.15, 0.2) is 0 Å². The third-order valence-corrected chi connectivity index (χ3v) is 9.52. The molecule has 2 fully saturated rings. The van der Waals surface area contributed by atoms with E-state index in [-0.39, 0.29) is 24.3 Å². The maximum Gasteiger partial charge on any atom is 0.249 e. The van der Waals surface area contributed by atoms with Crippen molar-refractivity contribution in [3.8, 4) is 0 Å². The molecule has 1 unspecified atom stereocenters. The molecule has 8 heteroatoms. The third-order valence-electron chi connectivity index (χ3n) is 9.52. The van der Waals surface area contributed by atoms with Crippen LogP contribution in [0.15, 0.2) is 85.0 Å². The number of likely N-dealkylation sites (tertiary alicyclic amines) is 1. The van der Waals surface area contributed by atoms with Crippen molar-refractivity contribution in [2.75, 3.05) is 19.7 Å². The van der Waals surface area contributed by atoms with Crippen molar-refractivity contribution in [1.82, 2.24) is 14.7 Å². The van der Waals surface area contributed by atoms with Gasteiger partial charge in [0, 0.05) is 25.2 Å². The van der Waals surface area contributed by atoms with Crippen LogP contribution in [0.25, 0.3) is 0 Å². The molecule has 226 valence electrons. The number of hydrogen-bond acceptors (Lipinski definition) is 5. The highest BCUT2D eigenvalue weighted by atomic mass is 16.5. The van der Waals surface area contributed by atoms with Crippen LogP contribution in [0.2, 0.25) is 0 Å². The standard InChI is InChI=1S/C35H41N3O5/c1-33(2,3)37-20-12-18-35-28(31(41)38(29(35)32(37)42)26(23-39)21-24-13-7-5-8-14-24)27-30(40)36(19-11-17-34(27,4)43-35)22-25-15-9-6-10-16-25/h5-18,26-29,39H,19-23H2,1-4H3/t26-,27-,28+,29?,34+,35+/m1/s1. The molecule has 0 aromatic heterocycles. The summed E-state index contributed by atoms with van der Waals surface area (Å²) in [6, 6.07) is 17.7. The summed E-state index contributed by atoms with van der Waals surface area (Å²) in [6.07, 6.45) is 7.97. The molecular formula is C35H41N3O5. The van der Waals surface area contributed by atoms with E-state index >= 15 is 0 Å². The fourth-order valence-corrected chi connectivity index (χ4v) is 7.59. The summed E-state index contributed by atoms with van der Waals surface area (Å²) in [6.45, 7) is 8.58. The van der Waals surface area contributed by atoms with Crippen molar-refractivity contribution in [1.29, 1.82) is 0 Å². The lowest BCUT2D eigenvalue weighted by atomic mass is 9.74. The Balaban J connectivity index is 1.46. The van der Waals surface area contributed by atoms with Crippen molar-refractivity contribution >= 4 is 17.7 Å². The van der Waals surface area contributed by atoms with Crippen molar-refractivity contribution in [3.63, 3.8) is 0 Å². The molecule has 4 aliphatic rings. The first kappa shape index (κ1) is 29.3. The predicted octanol–water partition coefficient (Wildman–Crippen LogP) is 3.36. The first-order valence-electron chi connectivity index (χ1n) is 15.2. The fourth-order valence-electron chi connectivity index (χ4n) is 7.59. The zero-order chi connectivity index (χ0) is 30.6. The number of carbonyl (C=O) groups excluding carboxylic acids is 3. The fraction of sp³-hybridized carbons (Fsp3) is 0.457. The van der Waals surface area contributed by atoms with Gasteiger partial charge in [0.1, 0.15) is 11.6 Å². The molecule has 3 amide bonds. The van der Waals surface area contributed by atoms with E-state index in [1.54, 1.807) is 14.7 Å². The van der Waals surface area contributed by atoms with Crippen molar-refractivity contribution in [2.45, 2.75) is 69.5 Å². The summed E-state index contributed by atoms with van der Waals surface area (Å²) in [5, 5.41) is 10.7. The van der Waals surface area contributed by atoms with Crippen LogP contribution in [0.3, 0.4) is 0 Å². The Labute approximate surface area is 253 Å². The normalized spacial score (nSPS) is 31.0. The highest BCUT2D eigenvalue weighted by molar-refractivity contribution is 6.00. The molecule has 1 spiro atoms. The second-order valence-electron chi connectivity index (χ2n) is 13.4. The molecule has 2 aromatic rings. The Hall–Kier alpha value is -3.75. The number of ether oxygens (including phenoxy) is 1. The van der Waals surface area contributed by atoms with E-state index < -0.39 is 40.7 Å². The molecule has 6 atom stereocenters. The Morgan fingerprint density at radius 3 is 2.12 bits per heavy atom. The Morgan fingerprint density at radius 1 is 0.860 bits per heavy atom. The summed E-state index contributed by atoms with van der Waals surface area (Å²) in [7, 11) is 0.